The van der Waals surface area contributed by atoms with E-state index in [1.54, 1.807) is 0 Å². The van der Waals surface area contributed by atoms with Gasteiger partial charge >= 0.3 is 6.18 Å². The lowest BCUT2D eigenvalue weighted by Gasteiger charge is -2.20. The molecule has 1 aliphatic heterocycles. The van der Waals surface area contributed by atoms with Crippen LogP contribution in [0.3, 0.4) is 0 Å². The van der Waals surface area contributed by atoms with Crippen molar-refractivity contribution in [2.45, 2.75) is 25.9 Å². The molecule has 2 atom stereocenters. The van der Waals surface area contributed by atoms with Crippen molar-refractivity contribution in [2.24, 2.45) is 10.8 Å². The normalized spacial score (nSPS) is 30.0. The van der Waals surface area contributed by atoms with Crippen molar-refractivity contribution >= 4 is 5.91 Å². The Balaban J connectivity index is 1.58. The molecule has 2 N–H and O–H groups in total. The van der Waals surface area contributed by atoms with Crippen LogP contribution >= 0.6 is 0 Å². The molecule has 1 saturated heterocycles. The van der Waals surface area contributed by atoms with Crippen molar-refractivity contribution in [3.63, 3.8) is 0 Å². The molecular formula is C16H19F3N2O. The molecule has 0 spiro atoms. The van der Waals surface area contributed by atoms with Gasteiger partial charge in [-0.1, -0.05) is 29.8 Å². The van der Waals surface area contributed by atoms with Crippen LogP contribution in [-0.4, -0.2) is 31.7 Å². The second-order valence-corrected chi connectivity index (χ2v) is 6.58. The molecule has 2 fully saturated rings. The Kier molecular flexibility index (Phi) is 3.47. The maximum absolute atomic E-state index is 13.2. The highest BCUT2D eigenvalue weighted by molar-refractivity contribution is 5.78. The molecule has 22 heavy (non-hydrogen) atoms. The number of hydrogen-bond donors (Lipinski definition) is 2. The molecular weight excluding hydrogens is 293 g/mol. The van der Waals surface area contributed by atoms with E-state index >= 15 is 0 Å². The third-order valence-corrected chi connectivity index (χ3v) is 5.03. The summed E-state index contributed by atoms with van der Waals surface area (Å²) in [7, 11) is 0. The summed E-state index contributed by atoms with van der Waals surface area (Å²) in [5.41, 5.74) is -0.566. The fraction of sp³-hybridized carbons (Fsp3) is 0.562. The molecule has 1 aliphatic carbocycles. The van der Waals surface area contributed by atoms with Gasteiger partial charge in [0.05, 0.1) is 11.8 Å². The number of nitrogens with one attached hydrogen (secondary N) is 2. The summed E-state index contributed by atoms with van der Waals surface area (Å²) in [5.74, 6) is -0.227. The highest BCUT2D eigenvalue weighted by atomic mass is 19.4. The zero-order valence-corrected chi connectivity index (χ0v) is 12.4. The average Bonchev–Trinajstić information content (AvgIpc) is 2.94. The predicted molar refractivity (Wildman–Crippen MR) is 76.3 cm³/mol. The van der Waals surface area contributed by atoms with E-state index in [-0.39, 0.29) is 31.8 Å². The van der Waals surface area contributed by atoms with E-state index in [0.717, 1.165) is 11.1 Å². The van der Waals surface area contributed by atoms with Gasteiger partial charge in [0.25, 0.3) is 0 Å². The zero-order valence-electron chi connectivity index (χ0n) is 12.4. The number of aryl methyl sites for hydroxylation is 1. The van der Waals surface area contributed by atoms with Gasteiger partial charge in [-0.05, 0) is 18.9 Å². The first-order valence-electron chi connectivity index (χ1n) is 7.38. The van der Waals surface area contributed by atoms with Gasteiger partial charge < -0.3 is 10.6 Å². The molecule has 3 rings (SSSR count). The minimum atomic E-state index is -4.21. The Morgan fingerprint density at radius 3 is 2.77 bits per heavy atom. The molecule has 3 nitrogen and oxygen atoms in total. The van der Waals surface area contributed by atoms with Crippen molar-refractivity contribution in [2.75, 3.05) is 19.6 Å². The summed E-state index contributed by atoms with van der Waals surface area (Å²) in [6.45, 7) is 2.30. The standard InChI is InChI=1S/C16H19F3N2O/c1-11-3-2-4-12(5-11)6-13(22)21-9-14-7-15(14,10-20-8-14)16(17,18)19/h2-5,20H,6-10H2,1H3,(H,21,22)/t14-,15-/m1/s1. The number of benzene rings is 1. The van der Waals surface area contributed by atoms with Crippen molar-refractivity contribution in [3.05, 3.63) is 35.4 Å². The van der Waals surface area contributed by atoms with Gasteiger partial charge in [-0.3, -0.25) is 4.79 Å². The summed E-state index contributed by atoms with van der Waals surface area (Å²) < 4.78 is 39.6. The van der Waals surface area contributed by atoms with Gasteiger partial charge in [0.2, 0.25) is 5.91 Å². The van der Waals surface area contributed by atoms with E-state index in [1.807, 2.05) is 31.2 Å². The minimum absolute atomic E-state index is 0.0374. The van der Waals surface area contributed by atoms with Crippen LogP contribution in [0, 0.1) is 17.8 Å². The second-order valence-electron chi connectivity index (χ2n) is 6.58. The quantitative estimate of drug-likeness (QED) is 0.895. The second kappa shape index (κ2) is 4.98. The summed E-state index contributed by atoms with van der Waals surface area (Å²) in [5, 5.41) is 5.51. The number of rotatable bonds is 4. The van der Waals surface area contributed by atoms with Crippen LogP contribution in [0.25, 0.3) is 0 Å². The highest BCUT2D eigenvalue weighted by Gasteiger charge is 2.81. The topological polar surface area (TPSA) is 41.1 Å². The van der Waals surface area contributed by atoms with E-state index in [1.165, 1.54) is 0 Å². The maximum Gasteiger partial charge on any atom is 0.396 e. The fourth-order valence-corrected chi connectivity index (χ4v) is 3.66. The summed E-state index contributed by atoms with van der Waals surface area (Å²) in [4.78, 5) is 12.0. The van der Waals surface area contributed by atoms with Crippen LogP contribution in [0.2, 0.25) is 0 Å². The van der Waals surface area contributed by atoms with Crippen molar-refractivity contribution in [1.82, 2.24) is 10.6 Å². The van der Waals surface area contributed by atoms with Gasteiger partial charge in [-0.2, -0.15) is 13.2 Å². The number of amides is 1. The predicted octanol–water partition coefficient (Wildman–Crippen LogP) is 2.20. The van der Waals surface area contributed by atoms with Crippen LogP contribution in [0.4, 0.5) is 13.2 Å². The molecule has 6 heteroatoms. The molecule has 0 aromatic heterocycles. The van der Waals surface area contributed by atoms with Gasteiger partial charge in [0, 0.05) is 25.0 Å². The van der Waals surface area contributed by atoms with E-state index in [9.17, 15) is 18.0 Å². The van der Waals surface area contributed by atoms with Crippen molar-refractivity contribution in [3.8, 4) is 0 Å². The Labute approximate surface area is 127 Å². The molecule has 120 valence electrons. The summed E-state index contributed by atoms with van der Waals surface area (Å²) in [6, 6.07) is 7.56. The molecule has 0 bridgehead atoms. The monoisotopic (exact) mass is 312 g/mol. The van der Waals surface area contributed by atoms with Crippen LogP contribution in [0.5, 0.6) is 0 Å². The number of fused-ring (bicyclic) bond motifs is 1. The Morgan fingerprint density at radius 1 is 1.36 bits per heavy atom. The molecule has 1 heterocycles. The summed E-state index contributed by atoms with van der Waals surface area (Å²) in [6.07, 6.45) is -3.90. The molecule has 1 amide bonds. The largest absolute Gasteiger partial charge is 0.396 e. The average molecular weight is 312 g/mol. The van der Waals surface area contributed by atoms with Crippen LogP contribution in [-0.2, 0) is 11.2 Å². The number of halogens is 3. The smallest absolute Gasteiger partial charge is 0.355 e. The number of carbonyl (C=O) groups excluding carboxylic acids is 1. The molecule has 0 radical (unpaired) electrons. The molecule has 0 unspecified atom stereocenters. The first-order valence-corrected chi connectivity index (χ1v) is 7.38. The zero-order chi connectivity index (χ0) is 16.0. The molecule has 1 aromatic carbocycles. The Hall–Kier alpha value is -1.56. The third-order valence-electron chi connectivity index (χ3n) is 5.03. The summed E-state index contributed by atoms with van der Waals surface area (Å²) >= 11 is 0. The first kappa shape index (κ1) is 15.3. The third kappa shape index (κ3) is 2.39. The minimum Gasteiger partial charge on any atom is -0.355 e. The van der Waals surface area contributed by atoms with E-state index in [4.69, 9.17) is 0 Å². The Bertz CT molecular complexity index is 601. The number of hydrogen-bond acceptors (Lipinski definition) is 2. The van der Waals surface area contributed by atoms with E-state index in [0.29, 0.717) is 6.54 Å². The number of piperidine rings is 1. The maximum atomic E-state index is 13.2. The Morgan fingerprint density at radius 2 is 2.14 bits per heavy atom. The van der Waals surface area contributed by atoms with E-state index in [2.05, 4.69) is 10.6 Å². The van der Waals surface area contributed by atoms with Gasteiger partial charge in [0.15, 0.2) is 0 Å². The lowest BCUT2D eigenvalue weighted by atomic mass is 9.95. The lowest BCUT2D eigenvalue weighted by Crippen LogP contribution is -2.38. The van der Waals surface area contributed by atoms with Crippen molar-refractivity contribution < 1.29 is 18.0 Å². The SMILES string of the molecule is Cc1cccc(CC(=O)NC[C@@]23CNC[C@]2(C(F)(F)F)C3)c1. The van der Waals surface area contributed by atoms with Crippen molar-refractivity contribution in [1.29, 1.82) is 0 Å². The fourth-order valence-electron chi connectivity index (χ4n) is 3.66. The lowest BCUT2D eigenvalue weighted by molar-refractivity contribution is -0.190. The molecule has 1 aromatic rings. The molecule has 1 saturated carbocycles. The van der Waals surface area contributed by atoms with Crippen LogP contribution in [0.1, 0.15) is 17.5 Å². The first-order chi connectivity index (χ1) is 10.3. The molecule has 2 aliphatic rings. The van der Waals surface area contributed by atoms with Gasteiger partial charge in [-0.15, -0.1) is 0 Å². The van der Waals surface area contributed by atoms with Gasteiger partial charge in [-0.25, -0.2) is 0 Å². The van der Waals surface area contributed by atoms with Gasteiger partial charge in [0.1, 0.15) is 0 Å². The van der Waals surface area contributed by atoms with Crippen LogP contribution < -0.4 is 10.6 Å². The number of alkyl halides is 3. The highest BCUT2D eigenvalue weighted by Crippen LogP contribution is 2.72. The van der Waals surface area contributed by atoms with Crippen LogP contribution in [0.15, 0.2) is 24.3 Å². The number of carbonyl (C=O) groups is 1. The van der Waals surface area contributed by atoms with E-state index < -0.39 is 17.0 Å².